The number of amidine groups is 1. The number of nitro groups is 1. The number of nitrogens with two attached hydrogens (primary N) is 1. The molecule has 2 rings (SSSR count). The van der Waals surface area contributed by atoms with Crippen molar-refractivity contribution in [1.82, 2.24) is 0 Å². The second-order valence-electron chi connectivity index (χ2n) is 5.76. The summed E-state index contributed by atoms with van der Waals surface area (Å²) in [5, 5.41) is 24.4. The number of rotatable bonds is 2. The van der Waals surface area contributed by atoms with Gasteiger partial charge in [-0.2, -0.15) is 5.26 Å². The topological polar surface area (TPSA) is 108 Å². The van der Waals surface area contributed by atoms with Crippen LogP contribution in [0.4, 0.5) is 5.69 Å². The third-order valence-electron chi connectivity index (χ3n) is 3.16. The van der Waals surface area contributed by atoms with Crippen LogP contribution in [0.1, 0.15) is 26.3 Å². The molecule has 0 radical (unpaired) electrons. The van der Waals surface area contributed by atoms with Gasteiger partial charge in [-0.3, -0.25) is 15.8 Å². The Morgan fingerprint density at radius 2 is 1.95 bits per heavy atom. The predicted octanol–water partition coefficient (Wildman–Crippen LogP) is 1.62. The zero-order chi connectivity index (χ0) is 15.8. The SMILES string of the molecule is CC(C)(C)[N+]1=C(N)C(C#N)C(c2ccc([N+](=O)[O-])cc2)=N1. The van der Waals surface area contributed by atoms with Crippen molar-refractivity contribution in [2.45, 2.75) is 26.3 Å². The van der Waals surface area contributed by atoms with Crippen LogP contribution in [-0.4, -0.2) is 26.7 Å². The van der Waals surface area contributed by atoms with E-state index in [1.54, 1.807) is 16.8 Å². The number of hydrogen-bond acceptors (Lipinski definition) is 5. The molecular formula is C14H16N5O2+. The van der Waals surface area contributed by atoms with Gasteiger partial charge >= 0.3 is 0 Å². The van der Waals surface area contributed by atoms with Gasteiger partial charge in [-0.1, -0.05) is 5.10 Å². The molecule has 0 amide bonds. The Balaban J connectivity index is 2.45. The fourth-order valence-corrected chi connectivity index (χ4v) is 2.13. The summed E-state index contributed by atoms with van der Waals surface area (Å²) in [6.45, 7) is 5.82. The summed E-state index contributed by atoms with van der Waals surface area (Å²) >= 11 is 0. The van der Waals surface area contributed by atoms with E-state index in [4.69, 9.17) is 5.73 Å². The van der Waals surface area contributed by atoms with Crippen molar-refractivity contribution in [1.29, 1.82) is 5.26 Å². The number of non-ortho nitro benzene ring substituents is 1. The standard InChI is InChI=1S/C14H15N5O2/c1-14(2,3)18-13(16)11(8-15)12(17-18)9-4-6-10(7-5-9)19(20)21/h4-7,11,16H,1-3H3/p+1. The number of hydrazone groups is 1. The number of hydrogen-bond donors (Lipinski definition) is 1. The lowest BCUT2D eigenvalue weighted by atomic mass is 9.97. The average Bonchev–Trinajstić information content (AvgIpc) is 2.75. The Kier molecular flexibility index (Phi) is 3.47. The molecule has 1 aliphatic rings. The van der Waals surface area contributed by atoms with Crippen LogP contribution in [0.25, 0.3) is 0 Å². The highest BCUT2D eigenvalue weighted by molar-refractivity contribution is 6.16. The summed E-state index contributed by atoms with van der Waals surface area (Å²) in [5.41, 5.74) is 6.84. The van der Waals surface area contributed by atoms with Crippen molar-refractivity contribution >= 4 is 17.2 Å². The van der Waals surface area contributed by atoms with E-state index < -0.39 is 10.8 Å². The molecular weight excluding hydrogens is 270 g/mol. The summed E-state index contributed by atoms with van der Waals surface area (Å²) in [5.74, 6) is -0.274. The Labute approximate surface area is 122 Å². The molecule has 0 saturated carbocycles. The van der Waals surface area contributed by atoms with Crippen LogP contribution in [-0.2, 0) is 0 Å². The summed E-state index contributed by atoms with van der Waals surface area (Å²) in [6, 6.07) is 8.08. The lowest BCUT2D eigenvalue weighted by Crippen LogP contribution is -2.38. The van der Waals surface area contributed by atoms with Crippen molar-refractivity contribution in [3.63, 3.8) is 0 Å². The molecule has 0 aromatic heterocycles. The van der Waals surface area contributed by atoms with Crippen LogP contribution in [0.15, 0.2) is 29.4 Å². The van der Waals surface area contributed by atoms with Gasteiger partial charge in [0.25, 0.3) is 11.5 Å². The Hall–Kier alpha value is -2.75. The first-order valence-electron chi connectivity index (χ1n) is 6.41. The number of nitrogens with zero attached hydrogens (tertiary/aromatic N) is 4. The monoisotopic (exact) mass is 286 g/mol. The van der Waals surface area contributed by atoms with Gasteiger partial charge in [0.15, 0.2) is 5.92 Å². The fraction of sp³-hybridized carbons (Fsp3) is 0.357. The van der Waals surface area contributed by atoms with E-state index in [9.17, 15) is 15.4 Å². The normalized spacial score (nSPS) is 18.4. The molecule has 0 spiro atoms. The molecule has 1 atom stereocenters. The van der Waals surface area contributed by atoms with Crippen LogP contribution in [0.3, 0.4) is 0 Å². The lowest BCUT2D eigenvalue weighted by Gasteiger charge is -2.15. The van der Waals surface area contributed by atoms with Crippen LogP contribution < -0.4 is 5.73 Å². The highest BCUT2D eigenvalue weighted by atomic mass is 16.6. The van der Waals surface area contributed by atoms with Crippen molar-refractivity contribution in [3.8, 4) is 6.07 Å². The minimum Gasteiger partial charge on any atom is -0.288 e. The van der Waals surface area contributed by atoms with Gasteiger partial charge in [-0.05, 0) is 32.9 Å². The summed E-state index contributed by atoms with van der Waals surface area (Å²) < 4.78 is 1.62. The molecule has 7 nitrogen and oxygen atoms in total. The molecule has 1 heterocycles. The largest absolute Gasteiger partial charge is 0.292 e. The second kappa shape index (κ2) is 4.98. The molecule has 108 valence electrons. The highest BCUT2D eigenvalue weighted by Gasteiger charge is 2.39. The van der Waals surface area contributed by atoms with Gasteiger partial charge in [0, 0.05) is 17.7 Å². The zero-order valence-electron chi connectivity index (χ0n) is 12.1. The minimum absolute atomic E-state index is 0.00418. The van der Waals surface area contributed by atoms with Gasteiger partial charge in [0.2, 0.25) is 0 Å². The first kappa shape index (κ1) is 14.7. The minimum atomic E-state index is -0.648. The third kappa shape index (κ3) is 2.60. The smallest absolute Gasteiger partial charge is 0.288 e. The average molecular weight is 286 g/mol. The first-order valence-corrected chi connectivity index (χ1v) is 6.41. The zero-order valence-corrected chi connectivity index (χ0v) is 12.1. The van der Waals surface area contributed by atoms with Crippen LogP contribution in [0, 0.1) is 27.4 Å². The Bertz CT molecular complexity index is 690. The van der Waals surface area contributed by atoms with Gasteiger partial charge in [0.1, 0.15) is 11.3 Å². The molecule has 21 heavy (non-hydrogen) atoms. The molecule has 0 aliphatic carbocycles. The van der Waals surface area contributed by atoms with Crippen LogP contribution in [0.5, 0.6) is 0 Å². The van der Waals surface area contributed by atoms with Crippen LogP contribution in [0.2, 0.25) is 0 Å². The van der Waals surface area contributed by atoms with E-state index in [1.807, 2.05) is 20.8 Å². The predicted molar refractivity (Wildman–Crippen MR) is 77.9 cm³/mol. The molecule has 0 saturated heterocycles. The summed E-state index contributed by atoms with van der Waals surface area (Å²) in [6.07, 6.45) is 0. The Morgan fingerprint density at radius 1 is 1.38 bits per heavy atom. The van der Waals surface area contributed by atoms with Gasteiger partial charge in [-0.25, -0.2) is 0 Å². The van der Waals surface area contributed by atoms with Crippen molar-refractivity contribution < 1.29 is 9.61 Å². The maximum atomic E-state index is 10.7. The maximum Gasteiger partial charge on any atom is 0.292 e. The van der Waals surface area contributed by atoms with E-state index in [2.05, 4.69) is 11.2 Å². The summed E-state index contributed by atoms with van der Waals surface area (Å²) in [7, 11) is 0. The molecule has 7 heteroatoms. The highest BCUT2D eigenvalue weighted by Crippen LogP contribution is 2.22. The van der Waals surface area contributed by atoms with E-state index >= 15 is 0 Å². The lowest BCUT2D eigenvalue weighted by molar-refractivity contribution is -0.600. The fourth-order valence-electron chi connectivity index (χ4n) is 2.13. The van der Waals surface area contributed by atoms with Gasteiger partial charge in [-0.15, -0.1) is 4.68 Å². The van der Waals surface area contributed by atoms with Crippen molar-refractivity contribution in [3.05, 3.63) is 39.9 Å². The quantitative estimate of drug-likeness (QED) is 0.506. The molecule has 1 unspecified atom stereocenters. The molecule has 0 bridgehead atoms. The van der Waals surface area contributed by atoms with Crippen molar-refractivity contribution in [2.75, 3.05) is 0 Å². The number of nitriles is 1. The van der Waals surface area contributed by atoms with E-state index in [-0.39, 0.29) is 11.2 Å². The van der Waals surface area contributed by atoms with Gasteiger partial charge < -0.3 is 0 Å². The molecule has 2 N–H and O–H groups in total. The van der Waals surface area contributed by atoms with E-state index in [1.165, 1.54) is 12.1 Å². The van der Waals surface area contributed by atoms with Crippen molar-refractivity contribution in [2.24, 2.45) is 16.8 Å². The molecule has 1 aromatic carbocycles. The number of nitro benzene ring substituents is 1. The van der Waals surface area contributed by atoms with Gasteiger partial charge in [0.05, 0.1) is 11.0 Å². The maximum absolute atomic E-state index is 10.7. The molecule has 1 aliphatic heterocycles. The van der Waals surface area contributed by atoms with E-state index in [0.29, 0.717) is 17.1 Å². The van der Waals surface area contributed by atoms with Crippen LogP contribution >= 0.6 is 0 Å². The second-order valence-corrected chi connectivity index (χ2v) is 5.76. The molecule has 1 aromatic rings. The van der Waals surface area contributed by atoms with E-state index in [0.717, 1.165) is 0 Å². The third-order valence-corrected chi connectivity index (χ3v) is 3.16. The molecule has 0 fully saturated rings. The summed E-state index contributed by atoms with van der Waals surface area (Å²) in [4.78, 5) is 10.2. The Morgan fingerprint density at radius 3 is 2.38 bits per heavy atom. The first-order chi connectivity index (χ1) is 9.75. The number of benzene rings is 1.